The van der Waals surface area contributed by atoms with E-state index in [0.717, 1.165) is 23.1 Å². The van der Waals surface area contributed by atoms with Gasteiger partial charge in [0.1, 0.15) is 0 Å². The lowest BCUT2D eigenvalue weighted by Crippen LogP contribution is -2.38. The summed E-state index contributed by atoms with van der Waals surface area (Å²) in [6.07, 6.45) is 2.02. The SMILES string of the molecule is Cc1ccccc1C(O)CNC(=O)NCCc1c[nH]c2ccccc12. The van der Waals surface area contributed by atoms with Crippen LogP contribution in [0, 0.1) is 6.92 Å². The quantitative estimate of drug-likeness (QED) is 0.558. The van der Waals surface area contributed by atoms with Crippen LogP contribution >= 0.6 is 0 Å². The summed E-state index contributed by atoms with van der Waals surface area (Å²) in [6.45, 7) is 2.66. The lowest BCUT2D eigenvalue weighted by molar-refractivity contribution is 0.172. The summed E-state index contributed by atoms with van der Waals surface area (Å²) in [7, 11) is 0. The Kier molecular flexibility index (Phi) is 5.36. The highest BCUT2D eigenvalue weighted by atomic mass is 16.3. The third kappa shape index (κ3) is 4.19. The number of para-hydroxylation sites is 1. The minimum Gasteiger partial charge on any atom is -0.387 e. The van der Waals surface area contributed by atoms with E-state index in [4.69, 9.17) is 0 Å². The average Bonchev–Trinajstić information content (AvgIpc) is 3.03. The number of urea groups is 1. The molecule has 4 N–H and O–H groups in total. The maximum Gasteiger partial charge on any atom is 0.314 e. The number of aromatic amines is 1. The predicted molar refractivity (Wildman–Crippen MR) is 99.5 cm³/mol. The molecule has 0 aliphatic heterocycles. The van der Waals surface area contributed by atoms with Gasteiger partial charge in [-0.3, -0.25) is 0 Å². The molecule has 5 heteroatoms. The highest BCUT2D eigenvalue weighted by molar-refractivity contribution is 5.83. The molecule has 130 valence electrons. The molecule has 0 bridgehead atoms. The highest BCUT2D eigenvalue weighted by Gasteiger charge is 2.11. The summed E-state index contributed by atoms with van der Waals surface area (Å²) in [6, 6.07) is 15.5. The van der Waals surface area contributed by atoms with Gasteiger partial charge in [0.25, 0.3) is 0 Å². The molecule has 0 aliphatic carbocycles. The lowest BCUT2D eigenvalue weighted by atomic mass is 10.0. The number of rotatable bonds is 6. The Morgan fingerprint density at radius 1 is 1.12 bits per heavy atom. The van der Waals surface area contributed by atoms with E-state index in [0.29, 0.717) is 6.54 Å². The van der Waals surface area contributed by atoms with Gasteiger partial charge in [0.15, 0.2) is 0 Å². The van der Waals surface area contributed by atoms with E-state index in [-0.39, 0.29) is 12.6 Å². The Morgan fingerprint density at radius 3 is 2.72 bits per heavy atom. The van der Waals surface area contributed by atoms with Gasteiger partial charge in [-0.1, -0.05) is 42.5 Å². The predicted octanol–water partition coefficient (Wildman–Crippen LogP) is 3.05. The highest BCUT2D eigenvalue weighted by Crippen LogP contribution is 2.18. The number of hydrogen-bond acceptors (Lipinski definition) is 2. The summed E-state index contributed by atoms with van der Waals surface area (Å²) in [4.78, 5) is 15.1. The van der Waals surface area contributed by atoms with Gasteiger partial charge in [-0.25, -0.2) is 4.79 Å². The lowest BCUT2D eigenvalue weighted by Gasteiger charge is -2.15. The minimum absolute atomic E-state index is 0.184. The second-order valence-electron chi connectivity index (χ2n) is 6.12. The Morgan fingerprint density at radius 2 is 1.88 bits per heavy atom. The molecule has 0 aliphatic rings. The zero-order valence-electron chi connectivity index (χ0n) is 14.3. The van der Waals surface area contributed by atoms with Crippen LogP contribution in [0.5, 0.6) is 0 Å². The van der Waals surface area contributed by atoms with Crippen molar-refractivity contribution in [3.05, 3.63) is 71.4 Å². The molecule has 1 atom stereocenters. The van der Waals surface area contributed by atoms with Crippen LogP contribution in [0.15, 0.2) is 54.7 Å². The second-order valence-corrected chi connectivity index (χ2v) is 6.12. The zero-order chi connectivity index (χ0) is 17.6. The number of aliphatic hydroxyl groups is 1. The van der Waals surface area contributed by atoms with E-state index in [1.54, 1.807) is 0 Å². The molecule has 2 aromatic carbocycles. The molecule has 25 heavy (non-hydrogen) atoms. The van der Waals surface area contributed by atoms with E-state index < -0.39 is 6.10 Å². The summed E-state index contributed by atoms with van der Waals surface area (Å²) in [5.41, 5.74) is 4.12. The van der Waals surface area contributed by atoms with Crippen LogP contribution < -0.4 is 10.6 Å². The monoisotopic (exact) mass is 337 g/mol. The molecule has 0 radical (unpaired) electrons. The van der Waals surface area contributed by atoms with Gasteiger partial charge in [0.2, 0.25) is 0 Å². The Bertz CT molecular complexity index is 857. The molecule has 3 rings (SSSR count). The largest absolute Gasteiger partial charge is 0.387 e. The molecule has 0 fully saturated rings. The van der Waals surface area contributed by atoms with Crippen molar-refractivity contribution in [3.63, 3.8) is 0 Å². The van der Waals surface area contributed by atoms with E-state index in [9.17, 15) is 9.90 Å². The second kappa shape index (κ2) is 7.85. The zero-order valence-corrected chi connectivity index (χ0v) is 14.3. The molecule has 0 saturated heterocycles. The van der Waals surface area contributed by atoms with Crippen LogP contribution in [0.3, 0.4) is 0 Å². The Labute approximate surface area is 147 Å². The van der Waals surface area contributed by atoms with Gasteiger partial charge in [-0.2, -0.15) is 0 Å². The van der Waals surface area contributed by atoms with Crippen molar-refractivity contribution in [1.29, 1.82) is 0 Å². The fourth-order valence-corrected chi connectivity index (χ4v) is 2.97. The number of benzene rings is 2. The number of aliphatic hydroxyl groups excluding tert-OH is 1. The molecular formula is C20H23N3O2. The van der Waals surface area contributed by atoms with Crippen molar-refractivity contribution >= 4 is 16.9 Å². The van der Waals surface area contributed by atoms with Crippen molar-refractivity contribution < 1.29 is 9.90 Å². The molecule has 1 aromatic heterocycles. The minimum atomic E-state index is -0.708. The molecular weight excluding hydrogens is 314 g/mol. The van der Waals surface area contributed by atoms with Gasteiger partial charge in [-0.05, 0) is 36.1 Å². The number of nitrogens with one attached hydrogen (secondary N) is 3. The van der Waals surface area contributed by atoms with Crippen LogP contribution in [0.1, 0.15) is 22.8 Å². The van der Waals surface area contributed by atoms with Crippen LogP contribution in [0.2, 0.25) is 0 Å². The van der Waals surface area contributed by atoms with Crippen LogP contribution in [-0.4, -0.2) is 29.2 Å². The summed E-state index contributed by atoms with van der Waals surface area (Å²) in [5, 5.41) is 16.9. The first-order chi connectivity index (χ1) is 12.1. The number of H-pyrrole nitrogens is 1. The van der Waals surface area contributed by atoms with Crippen molar-refractivity contribution in [2.45, 2.75) is 19.4 Å². The van der Waals surface area contributed by atoms with Crippen molar-refractivity contribution in [2.24, 2.45) is 0 Å². The fourth-order valence-electron chi connectivity index (χ4n) is 2.97. The molecule has 2 amide bonds. The van der Waals surface area contributed by atoms with E-state index >= 15 is 0 Å². The van der Waals surface area contributed by atoms with Crippen molar-refractivity contribution in [2.75, 3.05) is 13.1 Å². The topological polar surface area (TPSA) is 77.2 Å². The normalized spacial score (nSPS) is 12.1. The average molecular weight is 337 g/mol. The number of carbonyl (C=O) groups excluding carboxylic acids is 1. The van der Waals surface area contributed by atoms with E-state index in [1.165, 1.54) is 10.9 Å². The van der Waals surface area contributed by atoms with Crippen molar-refractivity contribution in [1.82, 2.24) is 15.6 Å². The smallest absolute Gasteiger partial charge is 0.314 e. The maximum absolute atomic E-state index is 11.9. The summed E-state index contributed by atoms with van der Waals surface area (Å²) < 4.78 is 0. The van der Waals surface area contributed by atoms with Gasteiger partial charge in [-0.15, -0.1) is 0 Å². The molecule has 1 heterocycles. The van der Waals surface area contributed by atoms with Crippen LogP contribution in [0.25, 0.3) is 10.9 Å². The number of aromatic nitrogens is 1. The number of hydrogen-bond donors (Lipinski definition) is 4. The van der Waals surface area contributed by atoms with E-state index in [2.05, 4.69) is 21.7 Å². The molecule has 3 aromatic rings. The summed E-state index contributed by atoms with van der Waals surface area (Å²) in [5.74, 6) is 0. The first kappa shape index (κ1) is 17.0. The third-order valence-corrected chi connectivity index (χ3v) is 4.36. The first-order valence-corrected chi connectivity index (χ1v) is 8.45. The standard InChI is InChI=1S/C20H23N3O2/c1-14-6-2-3-7-16(14)19(24)13-23-20(25)21-11-10-15-12-22-18-9-5-4-8-17(15)18/h2-9,12,19,22,24H,10-11,13H2,1H3,(H2,21,23,25). The van der Waals surface area contributed by atoms with Crippen LogP contribution in [0.4, 0.5) is 4.79 Å². The number of carbonyl (C=O) groups is 1. The van der Waals surface area contributed by atoms with Gasteiger partial charge in [0, 0.05) is 30.2 Å². The number of aryl methyl sites for hydroxylation is 1. The van der Waals surface area contributed by atoms with E-state index in [1.807, 2.05) is 55.6 Å². The van der Waals surface area contributed by atoms with Gasteiger partial charge >= 0.3 is 6.03 Å². The summed E-state index contributed by atoms with van der Waals surface area (Å²) >= 11 is 0. The van der Waals surface area contributed by atoms with Crippen molar-refractivity contribution in [3.8, 4) is 0 Å². The van der Waals surface area contributed by atoms with Crippen LogP contribution in [-0.2, 0) is 6.42 Å². The molecule has 0 spiro atoms. The number of fused-ring (bicyclic) bond motifs is 1. The Balaban J connectivity index is 1.45. The first-order valence-electron chi connectivity index (χ1n) is 8.45. The number of amides is 2. The van der Waals surface area contributed by atoms with Gasteiger partial charge < -0.3 is 20.7 Å². The molecule has 5 nitrogen and oxygen atoms in total. The maximum atomic E-state index is 11.9. The molecule has 1 unspecified atom stereocenters. The third-order valence-electron chi connectivity index (χ3n) is 4.36. The fraction of sp³-hybridized carbons (Fsp3) is 0.250. The Hall–Kier alpha value is -2.79. The molecule has 0 saturated carbocycles. The van der Waals surface area contributed by atoms with Gasteiger partial charge in [0.05, 0.1) is 6.10 Å².